The Morgan fingerprint density at radius 2 is 2.00 bits per heavy atom. The molecule has 0 saturated carbocycles. The molecule has 3 saturated heterocycles. The molecular weight excluding hydrogens is 463 g/mol. The molecule has 0 amide bonds. The first-order chi connectivity index (χ1) is 13.2. The van der Waals surface area contributed by atoms with Crippen molar-refractivity contribution in [3.05, 3.63) is 35.5 Å². The van der Waals surface area contributed by atoms with Gasteiger partial charge in [0, 0.05) is 55.1 Å². The number of nitrogens with one attached hydrogen (secondary N) is 2. The van der Waals surface area contributed by atoms with Gasteiger partial charge in [-0.1, -0.05) is 18.2 Å². The van der Waals surface area contributed by atoms with E-state index in [1.807, 2.05) is 0 Å². The fourth-order valence-corrected chi connectivity index (χ4v) is 5.41. The first-order valence-corrected chi connectivity index (χ1v) is 10.5. The average molecular weight is 494 g/mol. The average Bonchev–Trinajstić information content (AvgIpc) is 3.42. The van der Waals surface area contributed by atoms with Gasteiger partial charge in [-0.25, -0.2) is 0 Å². The summed E-state index contributed by atoms with van der Waals surface area (Å²) in [6, 6.07) is 6.51. The number of benzene rings is 1. The molecule has 3 fully saturated rings. The number of ether oxygens (including phenoxy) is 1. The van der Waals surface area contributed by atoms with Crippen LogP contribution in [0.3, 0.4) is 0 Å². The smallest absolute Gasteiger partial charge is 0.193 e. The number of guanidine groups is 1. The second kappa shape index (κ2) is 8.22. The normalized spacial score (nSPS) is 28.6. The summed E-state index contributed by atoms with van der Waals surface area (Å²) in [5, 5.41) is 4.85. The number of halogens is 1. The van der Waals surface area contributed by atoms with Gasteiger partial charge < -0.3 is 19.9 Å². The zero-order valence-corrected chi connectivity index (χ0v) is 19.1. The lowest BCUT2D eigenvalue weighted by Crippen LogP contribution is -2.41. The second-order valence-electron chi connectivity index (χ2n) is 8.32. The molecular formula is C22H31IN4O. The molecule has 1 aromatic carbocycles. The van der Waals surface area contributed by atoms with Crippen LogP contribution in [0.25, 0.3) is 10.9 Å². The number of H-pyrrole nitrogens is 1. The first kappa shape index (κ1) is 20.0. The predicted octanol–water partition coefficient (Wildman–Crippen LogP) is 3.71. The Kier molecular flexibility index (Phi) is 5.88. The van der Waals surface area contributed by atoms with Crippen LogP contribution in [0.5, 0.6) is 0 Å². The van der Waals surface area contributed by atoms with Gasteiger partial charge in [0.15, 0.2) is 5.96 Å². The Morgan fingerprint density at radius 3 is 2.71 bits per heavy atom. The zero-order chi connectivity index (χ0) is 18.4. The van der Waals surface area contributed by atoms with Crippen molar-refractivity contribution >= 4 is 40.8 Å². The molecule has 0 radical (unpaired) electrons. The summed E-state index contributed by atoms with van der Waals surface area (Å²) in [5.74, 6) is 2.51. The van der Waals surface area contributed by atoms with E-state index in [4.69, 9.17) is 9.73 Å². The minimum Gasteiger partial charge on any atom is -0.374 e. The van der Waals surface area contributed by atoms with E-state index in [0.29, 0.717) is 24.0 Å². The van der Waals surface area contributed by atoms with Gasteiger partial charge in [-0.15, -0.1) is 24.0 Å². The van der Waals surface area contributed by atoms with Crippen LogP contribution in [0.15, 0.2) is 29.4 Å². The number of aliphatic imine (C=N–C) groups is 1. The van der Waals surface area contributed by atoms with Crippen molar-refractivity contribution < 1.29 is 4.74 Å². The number of rotatable bonds is 4. The van der Waals surface area contributed by atoms with E-state index < -0.39 is 0 Å². The first-order valence-electron chi connectivity index (χ1n) is 10.5. The van der Waals surface area contributed by atoms with Gasteiger partial charge in [0.25, 0.3) is 0 Å². The molecule has 0 spiro atoms. The number of hydrogen-bond donors (Lipinski definition) is 2. The van der Waals surface area contributed by atoms with Crippen LogP contribution >= 0.6 is 24.0 Å². The highest BCUT2D eigenvalue weighted by molar-refractivity contribution is 14.0. The van der Waals surface area contributed by atoms with Crippen LogP contribution in [-0.4, -0.2) is 54.2 Å². The summed E-state index contributed by atoms with van der Waals surface area (Å²) in [4.78, 5) is 10.9. The van der Waals surface area contributed by atoms with E-state index in [9.17, 15) is 0 Å². The van der Waals surface area contributed by atoms with Gasteiger partial charge in [0.2, 0.25) is 0 Å². The standard InChI is InChI=1S/C22H30N4O.HI/c1-3-23-22(26-12-17-18(13-26)20-8-7-19(17)27-20)24-10-9-15-11-25-21-14(2)5-4-6-16(15)21;/h4-6,11,17-20,25H,3,7-10,12-13H2,1-2H3,(H,23,24);1H. The van der Waals surface area contributed by atoms with Crippen molar-refractivity contribution in [2.24, 2.45) is 16.8 Å². The lowest BCUT2D eigenvalue weighted by Gasteiger charge is -2.23. The third-order valence-corrected chi connectivity index (χ3v) is 6.74. The van der Waals surface area contributed by atoms with E-state index in [2.05, 4.69) is 53.4 Å². The molecule has 3 aliphatic rings. The van der Waals surface area contributed by atoms with Crippen molar-refractivity contribution in [3.8, 4) is 0 Å². The summed E-state index contributed by atoms with van der Waals surface area (Å²) in [7, 11) is 0. The van der Waals surface area contributed by atoms with Gasteiger partial charge >= 0.3 is 0 Å². The molecule has 4 atom stereocenters. The van der Waals surface area contributed by atoms with Crippen molar-refractivity contribution in [2.75, 3.05) is 26.2 Å². The summed E-state index contributed by atoms with van der Waals surface area (Å²) in [6.07, 6.45) is 6.63. The lowest BCUT2D eigenvalue weighted by atomic mass is 9.82. The zero-order valence-electron chi connectivity index (χ0n) is 16.8. The van der Waals surface area contributed by atoms with E-state index in [1.165, 1.54) is 34.9 Å². The van der Waals surface area contributed by atoms with Crippen molar-refractivity contribution in [1.82, 2.24) is 15.2 Å². The molecule has 2 aromatic rings. The maximum Gasteiger partial charge on any atom is 0.193 e. The second-order valence-corrected chi connectivity index (χ2v) is 8.32. The molecule has 1 aromatic heterocycles. The van der Waals surface area contributed by atoms with Gasteiger partial charge in [0.1, 0.15) is 0 Å². The molecule has 4 heterocycles. The highest BCUT2D eigenvalue weighted by atomic mass is 127. The van der Waals surface area contributed by atoms with Gasteiger partial charge in [0.05, 0.1) is 12.2 Å². The summed E-state index contributed by atoms with van der Waals surface area (Å²) in [5.41, 5.74) is 3.92. The van der Waals surface area contributed by atoms with Crippen molar-refractivity contribution in [1.29, 1.82) is 0 Å². The fraction of sp³-hybridized carbons (Fsp3) is 0.591. The molecule has 0 aliphatic carbocycles. The Balaban J connectivity index is 0.00000192. The number of nitrogens with zero attached hydrogens (tertiary/aromatic N) is 2. The molecule has 28 heavy (non-hydrogen) atoms. The van der Waals surface area contributed by atoms with Crippen LogP contribution in [0, 0.1) is 18.8 Å². The van der Waals surface area contributed by atoms with E-state index >= 15 is 0 Å². The third-order valence-electron chi connectivity index (χ3n) is 6.74. The molecule has 4 unspecified atom stereocenters. The van der Waals surface area contributed by atoms with E-state index in [-0.39, 0.29) is 24.0 Å². The molecule has 5 rings (SSSR count). The van der Waals surface area contributed by atoms with Crippen molar-refractivity contribution in [2.45, 2.75) is 45.3 Å². The number of aryl methyl sites for hydroxylation is 1. The number of fused-ring (bicyclic) bond motifs is 6. The lowest BCUT2D eigenvalue weighted by molar-refractivity contribution is 0.0767. The van der Waals surface area contributed by atoms with Gasteiger partial charge in [-0.2, -0.15) is 0 Å². The van der Waals surface area contributed by atoms with E-state index in [0.717, 1.165) is 38.6 Å². The Morgan fingerprint density at radius 1 is 1.25 bits per heavy atom. The Hall–Kier alpha value is -1.28. The van der Waals surface area contributed by atoms with Crippen LogP contribution in [0.1, 0.15) is 30.9 Å². The van der Waals surface area contributed by atoms with E-state index in [1.54, 1.807) is 0 Å². The minimum atomic E-state index is 0. The number of aromatic amines is 1. The number of hydrogen-bond acceptors (Lipinski definition) is 2. The maximum absolute atomic E-state index is 6.12. The van der Waals surface area contributed by atoms with Gasteiger partial charge in [-0.05, 0) is 44.2 Å². The highest BCUT2D eigenvalue weighted by Gasteiger charge is 2.53. The molecule has 5 nitrogen and oxygen atoms in total. The number of aromatic nitrogens is 1. The summed E-state index contributed by atoms with van der Waals surface area (Å²) < 4.78 is 6.12. The van der Waals surface area contributed by atoms with Gasteiger partial charge in [-0.3, -0.25) is 4.99 Å². The number of para-hydroxylation sites is 1. The molecule has 152 valence electrons. The predicted molar refractivity (Wildman–Crippen MR) is 125 cm³/mol. The number of likely N-dealkylation sites (tertiary alicyclic amines) is 1. The largest absolute Gasteiger partial charge is 0.374 e. The molecule has 3 aliphatic heterocycles. The Bertz CT molecular complexity index is 845. The highest BCUT2D eigenvalue weighted by Crippen LogP contribution is 2.47. The maximum atomic E-state index is 6.12. The van der Waals surface area contributed by atoms with Crippen LogP contribution in [0.4, 0.5) is 0 Å². The Labute approximate surface area is 184 Å². The molecule has 6 heteroatoms. The van der Waals surface area contributed by atoms with Crippen LogP contribution < -0.4 is 5.32 Å². The quantitative estimate of drug-likeness (QED) is 0.387. The molecule has 2 N–H and O–H groups in total. The van der Waals surface area contributed by atoms with Crippen LogP contribution in [-0.2, 0) is 11.2 Å². The fourth-order valence-electron chi connectivity index (χ4n) is 5.41. The van der Waals surface area contributed by atoms with Crippen LogP contribution in [0.2, 0.25) is 0 Å². The SMILES string of the molecule is CCNC(=NCCc1c[nH]c2c(C)cccc12)N1CC2C3CCC(O3)C2C1.I. The third kappa shape index (κ3) is 3.43. The summed E-state index contributed by atoms with van der Waals surface area (Å²) >= 11 is 0. The topological polar surface area (TPSA) is 52.7 Å². The molecule has 2 bridgehead atoms. The minimum absolute atomic E-state index is 0. The monoisotopic (exact) mass is 494 g/mol. The summed E-state index contributed by atoms with van der Waals surface area (Å²) in [6.45, 7) is 8.25. The van der Waals surface area contributed by atoms with Crippen molar-refractivity contribution in [3.63, 3.8) is 0 Å².